The first-order chi connectivity index (χ1) is 4.72. The summed E-state index contributed by atoms with van der Waals surface area (Å²) in [4.78, 5) is 9.95. The van der Waals surface area contributed by atoms with Gasteiger partial charge < -0.3 is 14.6 Å². The standard InChI is InChI=1S/C6H7NO3/c1-2-10-4-5(3-7)6(8)9/h4H,2H2,1H3,(H,8,9)/p-1. The van der Waals surface area contributed by atoms with Crippen molar-refractivity contribution < 1.29 is 14.6 Å². The van der Waals surface area contributed by atoms with Crippen LogP contribution in [0.1, 0.15) is 6.92 Å². The Balaban J connectivity index is 4.09. The van der Waals surface area contributed by atoms with Crippen LogP contribution in [0, 0.1) is 11.3 Å². The highest BCUT2D eigenvalue weighted by atomic mass is 16.5. The molecule has 0 N–H and O–H groups in total. The predicted molar refractivity (Wildman–Crippen MR) is 30.3 cm³/mol. The summed E-state index contributed by atoms with van der Waals surface area (Å²) in [5.74, 6) is -1.52. The van der Waals surface area contributed by atoms with Gasteiger partial charge in [0.1, 0.15) is 17.9 Å². The number of nitrogens with zero attached hydrogens (tertiary/aromatic N) is 1. The topological polar surface area (TPSA) is 73.1 Å². The fraction of sp³-hybridized carbons (Fsp3) is 0.333. The van der Waals surface area contributed by atoms with Crippen LogP contribution >= 0.6 is 0 Å². The smallest absolute Gasteiger partial charge is 0.109 e. The third-order valence-corrected chi connectivity index (χ3v) is 0.708. The van der Waals surface area contributed by atoms with Crippen LogP contribution in [-0.4, -0.2) is 12.6 Å². The summed E-state index contributed by atoms with van der Waals surface area (Å²) in [6.45, 7) is 2.01. The first-order valence-corrected chi connectivity index (χ1v) is 2.65. The summed E-state index contributed by atoms with van der Waals surface area (Å²) >= 11 is 0. The van der Waals surface area contributed by atoms with Crippen molar-refractivity contribution in [3.8, 4) is 6.07 Å². The number of rotatable bonds is 3. The molecule has 0 saturated carbocycles. The number of aliphatic carboxylic acids is 1. The summed E-state index contributed by atoms with van der Waals surface area (Å²) < 4.78 is 4.54. The van der Waals surface area contributed by atoms with Crippen LogP contribution in [0.3, 0.4) is 0 Å². The highest BCUT2D eigenvalue weighted by molar-refractivity contribution is 5.88. The van der Waals surface area contributed by atoms with Crippen molar-refractivity contribution in [2.45, 2.75) is 6.92 Å². The van der Waals surface area contributed by atoms with E-state index in [0.29, 0.717) is 6.61 Å². The molecule has 0 unspecified atom stereocenters. The molecule has 0 atom stereocenters. The summed E-state index contributed by atoms with van der Waals surface area (Å²) in [5.41, 5.74) is -0.498. The monoisotopic (exact) mass is 140 g/mol. The number of hydrogen-bond acceptors (Lipinski definition) is 4. The van der Waals surface area contributed by atoms with Gasteiger partial charge in [0.2, 0.25) is 0 Å². The molecular weight excluding hydrogens is 134 g/mol. The van der Waals surface area contributed by atoms with Crippen molar-refractivity contribution in [1.29, 1.82) is 5.26 Å². The van der Waals surface area contributed by atoms with E-state index in [4.69, 9.17) is 5.26 Å². The highest BCUT2D eigenvalue weighted by Crippen LogP contribution is 1.89. The zero-order valence-electron chi connectivity index (χ0n) is 5.46. The first-order valence-electron chi connectivity index (χ1n) is 2.65. The molecule has 0 saturated heterocycles. The Morgan fingerprint density at radius 3 is 2.80 bits per heavy atom. The first kappa shape index (κ1) is 8.50. The molecule has 0 bridgehead atoms. The van der Waals surface area contributed by atoms with E-state index >= 15 is 0 Å². The van der Waals surface area contributed by atoms with Gasteiger partial charge in [0.25, 0.3) is 0 Å². The number of carbonyl (C=O) groups is 1. The minimum atomic E-state index is -1.52. The van der Waals surface area contributed by atoms with Gasteiger partial charge in [0, 0.05) is 0 Å². The van der Waals surface area contributed by atoms with Crippen LogP contribution in [0.4, 0.5) is 0 Å². The van der Waals surface area contributed by atoms with Crippen molar-refractivity contribution in [2.75, 3.05) is 6.61 Å². The Kier molecular flexibility index (Phi) is 3.73. The van der Waals surface area contributed by atoms with Crippen LogP contribution in [0.5, 0.6) is 0 Å². The largest absolute Gasteiger partial charge is 0.544 e. The zero-order chi connectivity index (χ0) is 7.98. The number of carboxylic acid groups (broad SMARTS) is 1. The van der Waals surface area contributed by atoms with Gasteiger partial charge in [-0.05, 0) is 6.92 Å². The van der Waals surface area contributed by atoms with Gasteiger partial charge >= 0.3 is 0 Å². The third kappa shape index (κ3) is 2.72. The molecule has 10 heavy (non-hydrogen) atoms. The molecule has 0 aliphatic carbocycles. The molecule has 0 fully saturated rings. The number of nitriles is 1. The molecule has 0 rings (SSSR count). The molecule has 4 heteroatoms. The van der Waals surface area contributed by atoms with Gasteiger partial charge in [-0.3, -0.25) is 0 Å². The summed E-state index contributed by atoms with van der Waals surface area (Å²) in [6, 6.07) is 1.41. The quantitative estimate of drug-likeness (QED) is 0.291. The Hall–Kier alpha value is -1.50. The number of hydrogen-bond donors (Lipinski definition) is 0. The average Bonchev–Trinajstić information content (AvgIpc) is 1.89. The molecule has 0 spiro atoms. The molecule has 0 radical (unpaired) electrons. The van der Waals surface area contributed by atoms with Crippen molar-refractivity contribution in [1.82, 2.24) is 0 Å². The summed E-state index contributed by atoms with van der Waals surface area (Å²) in [7, 11) is 0. The van der Waals surface area contributed by atoms with Gasteiger partial charge in [0.05, 0.1) is 12.6 Å². The number of carboxylic acids is 1. The van der Waals surface area contributed by atoms with E-state index < -0.39 is 11.5 Å². The van der Waals surface area contributed by atoms with Crippen LogP contribution in [0.15, 0.2) is 11.8 Å². The van der Waals surface area contributed by atoms with Gasteiger partial charge in [0.15, 0.2) is 0 Å². The van der Waals surface area contributed by atoms with E-state index in [9.17, 15) is 9.90 Å². The van der Waals surface area contributed by atoms with Crippen molar-refractivity contribution in [3.63, 3.8) is 0 Å². The summed E-state index contributed by atoms with van der Waals surface area (Å²) in [5, 5.41) is 18.1. The molecule has 54 valence electrons. The SMILES string of the molecule is CCOC=C(C#N)C(=O)[O-]. The lowest BCUT2D eigenvalue weighted by Gasteiger charge is -1.98. The Bertz CT molecular complexity index is 190. The van der Waals surface area contributed by atoms with E-state index in [0.717, 1.165) is 6.26 Å². The lowest BCUT2D eigenvalue weighted by atomic mass is 10.3. The van der Waals surface area contributed by atoms with E-state index in [2.05, 4.69) is 4.74 Å². The Labute approximate surface area is 58.3 Å². The third-order valence-electron chi connectivity index (χ3n) is 0.708. The van der Waals surface area contributed by atoms with E-state index in [1.807, 2.05) is 0 Å². The maximum absolute atomic E-state index is 9.95. The van der Waals surface area contributed by atoms with Crippen molar-refractivity contribution >= 4 is 5.97 Å². The number of carbonyl (C=O) groups excluding carboxylic acids is 1. The van der Waals surface area contributed by atoms with Crippen LogP contribution < -0.4 is 5.11 Å². The fourth-order valence-corrected chi connectivity index (χ4v) is 0.287. The molecule has 0 aromatic carbocycles. The molecule has 4 nitrogen and oxygen atoms in total. The number of ether oxygens (including phenoxy) is 1. The summed E-state index contributed by atoms with van der Waals surface area (Å²) in [6.07, 6.45) is 0.870. The maximum atomic E-state index is 9.95. The van der Waals surface area contributed by atoms with Crippen LogP contribution in [0.25, 0.3) is 0 Å². The zero-order valence-corrected chi connectivity index (χ0v) is 5.46. The minimum absolute atomic E-state index is 0.332. The normalized spacial score (nSPS) is 10.2. The maximum Gasteiger partial charge on any atom is 0.109 e. The molecule has 0 aromatic heterocycles. The lowest BCUT2D eigenvalue weighted by Crippen LogP contribution is -2.23. The van der Waals surface area contributed by atoms with E-state index in [1.165, 1.54) is 6.07 Å². The van der Waals surface area contributed by atoms with Crippen molar-refractivity contribution in [3.05, 3.63) is 11.8 Å². The highest BCUT2D eigenvalue weighted by Gasteiger charge is 1.93. The average molecular weight is 140 g/mol. The van der Waals surface area contributed by atoms with Crippen molar-refractivity contribution in [2.24, 2.45) is 0 Å². The Morgan fingerprint density at radius 2 is 2.50 bits per heavy atom. The molecule has 0 heterocycles. The molecule has 0 aromatic rings. The van der Waals surface area contributed by atoms with Gasteiger partial charge in [-0.15, -0.1) is 0 Å². The van der Waals surface area contributed by atoms with Crippen LogP contribution in [0.2, 0.25) is 0 Å². The molecule has 0 aliphatic heterocycles. The van der Waals surface area contributed by atoms with Crippen LogP contribution in [-0.2, 0) is 9.53 Å². The second-order valence-electron chi connectivity index (χ2n) is 1.39. The second kappa shape index (κ2) is 4.39. The van der Waals surface area contributed by atoms with Gasteiger partial charge in [-0.2, -0.15) is 5.26 Å². The fourth-order valence-electron chi connectivity index (χ4n) is 0.287. The van der Waals surface area contributed by atoms with Gasteiger partial charge in [-0.1, -0.05) is 0 Å². The second-order valence-corrected chi connectivity index (χ2v) is 1.39. The lowest BCUT2D eigenvalue weighted by molar-refractivity contribution is -0.298. The van der Waals surface area contributed by atoms with E-state index in [-0.39, 0.29) is 0 Å². The Morgan fingerprint density at radius 1 is 1.90 bits per heavy atom. The molecule has 0 amide bonds. The predicted octanol–water partition coefficient (Wildman–Crippen LogP) is -0.820. The molecule has 0 aliphatic rings. The molecular formula is C6H6NO3-. The van der Waals surface area contributed by atoms with E-state index in [1.54, 1.807) is 6.92 Å². The minimum Gasteiger partial charge on any atom is -0.544 e. The van der Waals surface area contributed by atoms with Gasteiger partial charge in [-0.25, -0.2) is 0 Å².